The van der Waals surface area contributed by atoms with Crippen LogP contribution < -0.4 is 15.2 Å². The Balaban J connectivity index is 2.32. The number of pyridine rings is 1. The SMILES string of the molecule is COc1ccc(N)cc1Oc1cc(C)ccn1. The molecule has 88 valence electrons. The van der Waals surface area contributed by atoms with Gasteiger partial charge in [-0.05, 0) is 30.7 Å². The van der Waals surface area contributed by atoms with Crippen molar-refractivity contribution in [3.63, 3.8) is 0 Å². The van der Waals surface area contributed by atoms with Crippen molar-refractivity contribution in [1.29, 1.82) is 0 Å². The maximum atomic E-state index is 5.71. The van der Waals surface area contributed by atoms with Crippen LogP contribution in [0.15, 0.2) is 36.5 Å². The van der Waals surface area contributed by atoms with Gasteiger partial charge in [0.1, 0.15) is 0 Å². The van der Waals surface area contributed by atoms with Crippen LogP contribution in [-0.2, 0) is 0 Å². The molecule has 0 radical (unpaired) electrons. The van der Waals surface area contributed by atoms with Crippen LogP contribution in [0.4, 0.5) is 5.69 Å². The van der Waals surface area contributed by atoms with Gasteiger partial charge in [-0.2, -0.15) is 0 Å². The average molecular weight is 230 g/mol. The Morgan fingerprint density at radius 1 is 1.12 bits per heavy atom. The number of aromatic nitrogens is 1. The van der Waals surface area contributed by atoms with E-state index in [0.29, 0.717) is 23.1 Å². The lowest BCUT2D eigenvalue weighted by atomic mass is 10.3. The molecule has 1 heterocycles. The lowest BCUT2D eigenvalue weighted by molar-refractivity contribution is 0.374. The van der Waals surface area contributed by atoms with Gasteiger partial charge < -0.3 is 15.2 Å². The number of nitrogens with two attached hydrogens (primary N) is 1. The second-order valence-electron chi connectivity index (χ2n) is 3.68. The highest BCUT2D eigenvalue weighted by Gasteiger charge is 2.06. The number of rotatable bonds is 3. The van der Waals surface area contributed by atoms with Crippen LogP contribution >= 0.6 is 0 Å². The zero-order valence-corrected chi connectivity index (χ0v) is 9.81. The van der Waals surface area contributed by atoms with Crippen molar-refractivity contribution in [2.75, 3.05) is 12.8 Å². The number of hydrogen-bond acceptors (Lipinski definition) is 4. The number of ether oxygens (including phenoxy) is 2. The first kappa shape index (κ1) is 11.3. The second kappa shape index (κ2) is 4.74. The zero-order valence-electron chi connectivity index (χ0n) is 9.81. The monoisotopic (exact) mass is 230 g/mol. The van der Waals surface area contributed by atoms with Crippen LogP contribution in [0.25, 0.3) is 0 Å². The fourth-order valence-electron chi connectivity index (χ4n) is 1.45. The maximum Gasteiger partial charge on any atom is 0.219 e. The van der Waals surface area contributed by atoms with E-state index in [9.17, 15) is 0 Å². The first-order valence-corrected chi connectivity index (χ1v) is 5.23. The lowest BCUT2D eigenvalue weighted by Gasteiger charge is -2.10. The standard InChI is InChI=1S/C13H14N2O2/c1-9-5-6-15-13(7-9)17-12-8-10(14)3-4-11(12)16-2/h3-8H,14H2,1-2H3. The lowest BCUT2D eigenvalue weighted by Crippen LogP contribution is -1.94. The van der Waals surface area contributed by atoms with Crippen molar-refractivity contribution in [3.8, 4) is 17.4 Å². The molecule has 0 amide bonds. The number of benzene rings is 1. The summed E-state index contributed by atoms with van der Waals surface area (Å²) < 4.78 is 10.8. The first-order valence-electron chi connectivity index (χ1n) is 5.23. The zero-order chi connectivity index (χ0) is 12.3. The summed E-state index contributed by atoms with van der Waals surface area (Å²) in [5, 5.41) is 0. The van der Waals surface area contributed by atoms with Gasteiger partial charge in [-0.3, -0.25) is 0 Å². The summed E-state index contributed by atoms with van der Waals surface area (Å²) >= 11 is 0. The van der Waals surface area contributed by atoms with Crippen molar-refractivity contribution >= 4 is 5.69 Å². The number of anilines is 1. The molecule has 0 spiro atoms. The van der Waals surface area contributed by atoms with E-state index in [2.05, 4.69) is 4.98 Å². The van der Waals surface area contributed by atoms with Crippen LogP contribution in [0.1, 0.15) is 5.56 Å². The molecule has 0 saturated carbocycles. The molecule has 4 heteroatoms. The molecule has 0 fully saturated rings. The molecule has 2 rings (SSSR count). The summed E-state index contributed by atoms with van der Waals surface area (Å²) in [6, 6.07) is 8.99. The van der Waals surface area contributed by atoms with E-state index < -0.39 is 0 Å². The Morgan fingerprint density at radius 2 is 1.94 bits per heavy atom. The third kappa shape index (κ3) is 2.66. The van der Waals surface area contributed by atoms with E-state index >= 15 is 0 Å². The Morgan fingerprint density at radius 3 is 2.65 bits per heavy atom. The summed E-state index contributed by atoms with van der Waals surface area (Å²) in [5.74, 6) is 1.71. The summed E-state index contributed by atoms with van der Waals surface area (Å²) in [5.41, 5.74) is 7.41. The van der Waals surface area contributed by atoms with Gasteiger partial charge in [0.2, 0.25) is 5.88 Å². The molecule has 0 aliphatic carbocycles. The normalized spacial score (nSPS) is 10.0. The van der Waals surface area contributed by atoms with E-state index in [0.717, 1.165) is 5.56 Å². The van der Waals surface area contributed by atoms with Gasteiger partial charge in [-0.1, -0.05) is 0 Å². The van der Waals surface area contributed by atoms with Crippen molar-refractivity contribution in [1.82, 2.24) is 4.98 Å². The predicted octanol–water partition coefficient (Wildman–Crippen LogP) is 2.77. The minimum absolute atomic E-state index is 0.522. The molecule has 0 saturated heterocycles. The van der Waals surface area contributed by atoms with E-state index in [1.165, 1.54) is 0 Å². The average Bonchev–Trinajstić information content (AvgIpc) is 2.29. The molecule has 0 unspecified atom stereocenters. The van der Waals surface area contributed by atoms with E-state index in [1.807, 2.05) is 19.1 Å². The van der Waals surface area contributed by atoms with Gasteiger partial charge in [0.25, 0.3) is 0 Å². The van der Waals surface area contributed by atoms with Crippen molar-refractivity contribution in [3.05, 3.63) is 42.1 Å². The highest BCUT2D eigenvalue weighted by Crippen LogP contribution is 2.32. The van der Waals surface area contributed by atoms with E-state index in [-0.39, 0.29) is 0 Å². The summed E-state index contributed by atoms with van der Waals surface area (Å²) in [6.07, 6.45) is 1.70. The molecule has 2 N–H and O–H groups in total. The van der Waals surface area contributed by atoms with Crippen molar-refractivity contribution in [2.24, 2.45) is 0 Å². The van der Waals surface area contributed by atoms with E-state index in [1.54, 1.807) is 31.5 Å². The third-order valence-corrected chi connectivity index (χ3v) is 2.29. The molecule has 0 bridgehead atoms. The summed E-state index contributed by atoms with van der Waals surface area (Å²) in [4.78, 5) is 4.12. The van der Waals surface area contributed by atoms with Crippen molar-refractivity contribution in [2.45, 2.75) is 6.92 Å². The highest BCUT2D eigenvalue weighted by atomic mass is 16.5. The Hall–Kier alpha value is -2.23. The first-order chi connectivity index (χ1) is 8.19. The van der Waals surface area contributed by atoms with Gasteiger partial charge in [0.05, 0.1) is 7.11 Å². The molecular weight excluding hydrogens is 216 g/mol. The van der Waals surface area contributed by atoms with Crippen LogP contribution in [0.2, 0.25) is 0 Å². The number of methoxy groups -OCH3 is 1. The molecule has 1 aromatic carbocycles. The van der Waals surface area contributed by atoms with Gasteiger partial charge in [-0.15, -0.1) is 0 Å². The maximum absolute atomic E-state index is 5.71. The van der Waals surface area contributed by atoms with Crippen LogP contribution in [-0.4, -0.2) is 12.1 Å². The van der Waals surface area contributed by atoms with Gasteiger partial charge in [-0.25, -0.2) is 4.98 Å². The molecule has 2 aromatic rings. The predicted molar refractivity (Wildman–Crippen MR) is 66.5 cm³/mol. The highest BCUT2D eigenvalue weighted by molar-refractivity contribution is 5.52. The molecule has 0 aliphatic heterocycles. The van der Waals surface area contributed by atoms with Gasteiger partial charge >= 0.3 is 0 Å². The van der Waals surface area contributed by atoms with Gasteiger partial charge in [0, 0.05) is 24.0 Å². The number of hydrogen-bond donors (Lipinski definition) is 1. The largest absolute Gasteiger partial charge is 0.493 e. The Kier molecular flexibility index (Phi) is 3.14. The fourth-order valence-corrected chi connectivity index (χ4v) is 1.45. The fraction of sp³-hybridized carbons (Fsp3) is 0.154. The molecule has 1 aromatic heterocycles. The quantitative estimate of drug-likeness (QED) is 0.824. The van der Waals surface area contributed by atoms with Crippen molar-refractivity contribution < 1.29 is 9.47 Å². The molecule has 0 atom stereocenters. The van der Waals surface area contributed by atoms with Crippen LogP contribution in [0.3, 0.4) is 0 Å². The van der Waals surface area contributed by atoms with E-state index in [4.69, 9.17) is 15.2 Å². The number of nitrogen functional groups attached to an aromatic ring is 1. The summed E-state index contributed by atoms with van der Waals surface area (Å²) in [6.45, 7) is 1.98. The summed E-state index contributed by atoms with van der Waals surface area (Å²) in [7, 11) is 1.59. The molecule has 0 aliphatic rings. The number of nitrogens with zero attached hydrogens (tertiary/aromatic N) is 1. The number of aryl methyl sites for hydroxylation is 1. The van der Waals surface area contributed by atoms with Crippen LogP contribution in [0.5, 0.6) is 17.4 Å². The molecule has 17 heavy (non-hydrogen) atoms. The Labute approximate surface area is 100 Å². The minimum atomic E-state index is 0.522. The second-order valence-corrected chi connectivity index (χ2v) is 3.68. The smallest absolute Gasteiger partial charge is 0.219 e. The molecular formula is C13H14N2O2. The molecule has 4 nitrogen and oxygen atoms in total. The third-order valence-electron chi connectivity index (χ3n) is 2.29. The van der Waals surface area contributed by atoms with Crippen LogP contribution in [0, 0.1) is 6.92 Å². The Bertz CT molecular complexity index is 527. The minimum Gasteiger partial charge on any atom is -0.493 e. The topological polar surface area (TPSA) is 57.4 Å². The van der Waals surface area contributed by atoms with Gasteiger partial charge in [0.15, 0.2) is 11.5 Å².